The van der Waals surface area contributed by atoms with E-state index in [-0.39, 0.29) is 13.2 Å². The molecule has 0 aliphatic carbocycles. The number of hydrogen-bond acceptors (Lipinski definition) is 4. The molecule has 1 saturated heterocycles. The Balaban J connectivity index is 2.52. The van der Waals surface area contributed by atoms with Crippen molar-refractivity contribution >= 4 is 0 Å². The maximum absolute atomic E-state index is 11.2. The molecule has 5 nitrogen and oxygen atoms in total. The Morgan fingerprint density at radius 2 is 2.33 bits per heavy atom. The zero-order chi connectivity index (χ0) is 9.14. The Bertz CT molecular complexity index is 124. The van der Waals surface area contributed by atoms with Crippen molar-refractivity contribution in [3.05, 3.63) is 0 Å². The van der Waals surface area contributed by atoms with E-state index in [0.717, 1.165) is 0 Å². The van der Waals surface area contributed by atoms with Crippen LogP contribution in [-0.2, 0) is 14.6 Å². The molecule has 0 amide bonds. The summed E-state index contributed by atoms with van der Waals surface area (Å²) >= 11 is 0. The first kappa shape index (κ1) is 9.88. The van der Waals surface area contributed by atoms with Crippen molar-refractivity contribution in [3.63, 3.8) is 0 Å². The summed E-state index contributed by atoms with van der Waals surface area (Å²) in [6.45, 7) is -0.205. The second-order valence-corrected chi connectivity index (χ2v) is 2.78. The van der Waals surface area contributed by atoms with Crippen LogP contribution in [0.5, 0.6) is 0 Å². The van der Waals surface area contributed by atoms with Gasteiger partial charge in [-0.25, -0.2) is 5.11 Å². The second-order valence-electron chi connectivity index (χ2n) is 2.78. The summed E-state index contributed by atoms with van der Waals surface area (Å²) < 4.78 is 9.78. The molecular formula is C7H13O5. The van der Waals surface area contributed by atoms with Crippen molar-refractivity contribution in [1.82, 2.24) is 0 Å². The van der Waals surface area contributed by atoms with Gasteiger partial charge in [0.15, 0.2) is 0 Å². The normalized spacial score (nSPS) is 43.0. The lowest BCUT2D eigenvalue weighted by Gasteiger charge is -2.34. The summed E-state index contributed by atoms with van der Waals surface area (Å²) in [5, 5.41) is 29.2. The average Bonchev–Trinajstić information content (AvgIpc) is 2.10. The zero-order valence-corrected chi connectivity index (χ0v) is 6.84. The van der Waals surface area contributed by atoms with Gasteiger partial charge in [0.05, 0.1) is 13.2 Å². The summed E-state index contributed by atoms with van der Waals surface area (Å²) in [4.78, 5) is 0. The zero-order valence-electron chi connectivity index (χ0n) is 6.84. The molecule has 1 fully saturated rings. The van der Waals surface area contributed by atoms with Crippen molar-refractivity contribution in [3.8, 4) is 0 Å². The van der Waals surface area contributed by atoms with Crippen molar-refractivity contribution in [2.24, 2.45) is 0 Å². The van der Waals surface area contributed by atoms with Gasteiger partial charge in [0.25, 0.3) is 0 Å². The highest BCUT2D eigenvalue weighted by atomic mass is 16.6. The van der Waals surface area contributed by atoms with Crippen LogP contribution in [0.1, 0.15) is 0 Å². The Hall–Kier alpha value is -0.200. The van der Waals surface area contributed by atoms with Gasteiger partial charge in [-0.05, 0) is 0 Å². The number of hydrogen-bond donors (Lipinski definition) is 2. The van der Waals surface area contributed by atoms with Gasteiger partial charge in [-0.3, -0.25) is 0 Å². The minimum atomic E-state index is -1.24. The molecule has 0 aromatic rings. The SMILES string of the molecule is CO[C@H]1CO[C@H](CO)[C@@H](O)[C@@H]1[O]. The van der Waals surface area contributed by atoms with Crippen LogP contribution in [0.2, 0.25) is 0 Å². The molecule has 5 heteroatoms. The van der Waals surface area contributed by atoms with E-state index < -0.39 is 24.4 Å². The van der Waals surface area contributed by atoms with E-state index in [1.165, 1.54) is 7.11 Å². The molecule has 0 aromatic carbocycles. The molecule has 1 heterocycles. The molecule has 2 N–H and O–H groups in total. The largest absolute Gasteiger partial charge is 0.394 e. The Kier molecular flexibility index (Phi) is 3.42. The summed E-state index contributed by atoms with van der Waals surface area (Å²) in [5.41, 5.74) is 0. The van der Waals surface area contributed by atoms with E-state index >= 15 is 0 Å². The highest BCUT2D eigenvalue weighted by Gasteiger charge is 2.39. The second kappa shape index (κ2) is 4.15. The number of aliphatic hydroxyl groups excluding tert-OH is 2. The van der Waals surface area contributed by atoms with Crippen LogP contribution in [0.15, 0.2) is 0 Å². The van der Waals surface area contributed by atoms with Crippen LogP contribution in [0.4, 0.5) is 0 Å². The van der Waals surface area contributed by atoms with E-state index in [4.69, 9.17) is 14.6 Å². The molecule has 0 unspecified atom stereocenters. The number of ether oxygens (including phenoxy) is 2. The molecule has 12 heavy (non-hydrogen) atoms. The standard InChI is InChI=1S/C7H13O5/c1-11-5-3-12-4(2-8)6(9)7(5)10/h4-9H,2-3H2,1H3/t4-,5+,6-,7-/m1/s1. The van der Waals surface area contributed by atoms with Gasteiger partial charge in [0.1, 0.15) is 24.4 Å². The van der Waals surface area contributed by atoms with E-state index in [0.29, 0.717) is 0 Å². The van der Waals surface area contributed by atoms with Gasteiger partial charge >= 0.3 is 0 Å². The Labute approximate surface area is 70.5 Å². The Morgan fingerprint density at radius 1 is 1.67 bits per heavy atom. The quantitative estimate of drug-likeness (QED) is 0.541. The fraction of sp³-hybridized carbons (Fsp3) is 1.00. The molecule has 1 aliphatic rings. The lowest BCUT2D eigenvalue weighted by atomic mass is 10.0. The molecule has 0 saturated carbocycles. The van der Waals surface area contributed by atoms with E-state index in [1.54, 1.807) is 0 Å². The highest BCUT2D eigenvalue weighted by Crippen LogP contribution is 2.17. The maximum atomic E-state index is 11.2. The maximum Gasteiger partial charge on any atom is 0.150 e. The van der Waals surface area contributed by atoms with Crippen LogP contribution in [0, 0.1) is 0 Å². The third-order valence-electron chi connectivity index (χ3n) is 2.04. The van der Waals surface area contributed by atoms with Crippen LogP contribution < -0.4 is 0 Å². The Morgan fingerprint density at radius 3 is 2.83 bits per heavy atom. The van der Waals surface area contributed by atoms with E-state index in [1.807, 2.05) is 0 Å². The molecule has 1 aliphatic heterocycles. The molecule has 4 atom stereocenters. The van der Waals surface area contributed by atoms with Gasteiger partial charge in [-0.15, -0.1) is 0 Å². The van der Waals surface area contributed by atoms with Gasteiger partial charge in [-0.1, -0.05) is 0 Å². The van der Waals surface area contributed by atoms with Crippen LogP contribution in [0.25, 0.3) is 0 Å². The first-order valence-electron chi connectivity index (χ1n) is 3.79. The predicted molar refractivity (Wildman–Crippen MR) is 38.1 cm³/mol. The average molecular weight is 177 g/mol. The lowest BCUT2D eigenvalue weighted by Crippen LogP contribution is -2.54. The number of rotatable bonds is 2. The minimum Gasteiger partial charge on any atom is -0.394 e. The summed E-state index contributed by atoms with van der Waals surface area (Å²) in [7, 11) is 1.39. The molecule has 0 bridgehead atoms. The molecule has 1 radical (unpaired) electrons. The first-order chi connectivity index (χ1) is 5.70. The molecule has 1 rings (SSSR count). The first-order valence-corrected chi connectivity index (χ1v) is 3.79. The molecule has 0 aromatic heterocycles. The van der Waals surface area contributed by atoms with Gasteiger partial charge in [-0.2, -0.15) is 0 Å². The van der Waals surface area contributed by atoms with Crippen molar-refractivity contribution in [1.29, 1.82) is 0 Å². The molecule has 71 valence electrons. The fourth-order valence-electron chi connectivity index (χ4n) is 1.21. The third-order valence-corrected chi connectivity index (χ3v) is 2.04. The smallest absolute Gasteiger partial charge is 0.150 e. The molecular weight excluding hydrogens is 164 g/mol. The summed E-state index contributed by atoms with van der Waals surface area (Å²) in [5.74, 6) is 0. The minimum absolute atomic E-state index is 0.132. The van der Waals surface area contributed by atoms with E-state index in [9.17, 15) is 10.2 Å². The van der Waals surface area contributed by atoms with E-state index in [2.05, 4.69) is 0 Å². The van der Waals surface area contributed by atoms with Crippen molar-refractivity contribution in [2.75, 3.05) is 20.3 Å². The van der Waals surface area contributed by atoms with Gasteiger partial charge in [0, 0.05) is 7.11 Å². The summed E-state index contributed by atoms with van der Waals surface area (Å²) in [6.07, 6.45) is -3.81. The van der Waals surface area contributed by atoms with Gasteiger partial charge < -0.3 is 19.7 Å². The van der Waals surface area contributed by atoms with Crippen LogP contribution >= 0.6 is 0 Å². The van der Waals surface area contributed by atoms with Crippen LogP contribution in [0.3, 0.4) is 0 Å². The fourth-order valence-corrected chi connectivity index (χ4v) is 1.21. The lowest BCUT2D eigenvalue weighted by molar-refractivity contribution is -0.218. The van der Waals surface area contributed by atoms with Crippen molar-refractivity contribution in [2.45, 2.75) is 24.4 Å². The highest BCUT2D eigenvalue weighted by molar-refractivity contribution is 4.86. The number of aliphatic hydroxyl groups is 2. The van der Waals surface area contributed by atoms with Crippen LogP contribution in [-0.4, -0.2) is 55.0 Å². The topological polar surface area (TPSA) is 78.8 Å². The summed E-state index contributed by atoms with van der Waals surface area (Å²) in [6, 6.07) is 0. The van der Waals surface area contributed by atoms with Crippen molar-refractivity contribution < 1.29 is 24.8 Å². The monoisotopic (exact) mass is 177 g/mol. The molecule has 0 spiro atoms. The number of methoxy groups -OCH3 is 1. The predicted octanol–water partition coefficient (Wildman–Crippen LogP) is -1.45. The van der Waals surface area contributed by atoms with Gasteiger partial charge in [0.2, 0.25) is 0 Å². The third kappa shape index (κ3) is 1.75.